The van der Waals surface area contributed by atoms with Crippen LogP contribution in [0.4, 0.5) is 13.2 Å². The van der Waals surface area contributed by atoms with Crippen molar-refractivity contribution >= 4 is 6.21 Å². The SMILES string of the molecule is C/C(=C\N=CCCC(F)(F)F)C(C)(C)C. The van der Waals surface area contributed by atoms with Gasteiger partial charge in [-0.25, -0.2) is 0 Å². The van der Waals surface area contributed by atoms with Crippen molar-refractivity contribution in [3.8, 4) is 0 Å². The highest BCUT2D eigenvalue weighted by molar-refractivity contribution is 5.58. The van der Waals surface area contributed by atoms with Gasteiger partial charge in [-0.2, -0.15) is 13.2 Å². The molecule has 0 aliphatic heterocycles. The van der Waals surface area contributed by atoms with Crippen molar-refractivity contribution in [3.63, 3.8) is 0 Å². The van der Waals surface area contributed by atoms with Crippen LogP contribution < -0.4 is 0 Å². The molecule has 0 aromatic carbocycles. The van der Waals surface area contributed by atoms with Crippen LogP contribution >= 0.6 is 0 Å². The molecule has 0 aromatic heterocycles. The molecule has 0 N–H and O–H groups in total. The van der Waals surface area contributed by atoms with Crippen LogP contribution in [0.15, 0.2) is 16.8 Å². The van der Waals surface area contributed by atoms with E-state index in [0.29, 0.717) is 0 Å². The highest BCUT2D eigenvalue weighted by Gasteiger charge is 2.25. The van der Waals surface area contributed by atoms with Crippen LogP contribution in [0.25, 0.3) is 0 Å². The monoisotopic (exact) mass is 221 g/mol. The molecule has 0 bridgehead atoms. The average molecular weight is 221 g/mol. The molecule has 0 unspecified atom stereocenters. The number of hydrogen-bond acceptors (Lipinski definition) is 1. The Bertz CT molecular complexity index is 244. The standard InChI is InChI=1S/C11H18F3N/c1-9(10(2,3)4)8-15-7-5-6-11(12,13)14/h7-8H,5-6H2,1-4H3/b9-8+,15-7?. The molecule has 0 spiro atoms. The molecule has 0 atom stereocenters. The van der Waals surface area contributed by atoms with E-state index in [0.717, 1.165) is 5.57 Å². The first-order valence-electron chi connectivity index (χ1n) is 4.88. The van der Waals surface area contributed by atoms with Gasteiger partial charge in [0.05, 0.1) is 0 Å². The molecular weight excluding hydrogens is 203 g/mol. The molecule has 0 fully saturated rings. The fourth-order valence-electron chi connectivity index (χ4n) is 0.661. The third-order valence-electron chi connectivity index (χ3n) is 2.11. The van der Waals surface area contributed by atoms with Gasteiger partial charge in [-0.15, -0.1) is 0 Å². The van der Waals surface area contributed by atoms with Gasteiger partial charge in [-0.1, -0.05) is 20.8 Å². The predicted molar refractivity (Wildman–Crippen MR) is 57.0 cm³/mol. The normalized spacial score (nSPS) is 15.0. The fourth-order valence-corrected chi connectivity index (χ4v) is 0.661. The van der Waals surface area contributed by atoms with Crippen molar-refractivity contribution in [1.82, 2.24) is 0 Å². The summed E-state index contributed by atoms with van der Waals surface area (Å²) < 4.78 is 35.3. The van der Waals surface area contributed by atoms with Crippen LogP contribution in [0.3, 0.4) is 0 Å². The van der Waals surface area contributed by atoms with E-state index in [9.17, 15) is 13.2 Å². The van der Waals surface area contributed by atoms with Gasteiger partial charge in [-0.05, 0) is 24.3 Å². The zero-order valence-electron chi connectivity index (χ0n) is 9.65. The summed E-state index contributed by atoms with van der Waals surface area (Å²) in [4.78, 5) is 3.85. The molecule has 0 amide bonds. The number of nitrogens with zero attached hydrogens (tertiary/aromatic N) is 1. The third kappa shape index (κ3) is 8.21. The number of allylic oxidation sites excluding steroid dienone is 1. The van der Waals surface area contributed by atoms with Crippen molar-refractivity contribution in [1.29, 1.82) is 0 Å². The Morgan fingerprint density at radius 2 is 1.73 bits per heavy atom. The van der Waals surface area contributed by atoms with Crippen molar-refractivity contribution in [2.24, 2.45) is 10.4 Å². The van der Waals surface area contributed by atoms with Crippen molar-refractivity contribution in [2.75, 3.05) is 0 Å². The van der Waals surface area contributed by atoms with E-state index >= 15 is 0 Å². The summed E-state index contributed by atoms with van der Waals surface area (Å²) in [5.74, 6) is 0. The summed E-state index contributed by atoms with van der Waals surface area (Å²) in [5.41, 5.74) is 1.06. The first-order chi connectivity index (χ1) is 6.63. The zero-order chi connectivity index (χ0) is 12.1. The average Bonchev–Trinajstić information content (AvgIpc) is 1.99. The lowest BCUT2D eigenvalue weighted by molar-refractivity contribution is -0.132. The zero-order valence-corrected chi connectivity index (χ0v) is 9.65. The number of aliphatic imine (C=N–C) groups is 1. The first-order valence-corrected chi connectivity index (χ1v) is 4.88. The molecule has 0 rings (SSSR count). The first kappa shape index (κ1) is 14.2. The largest absolute Gasteiger partial charge is 0.389 e. The molecule has 15 heavy (non-hydrogen) atoms. The number of alkyl halides is 3. The van der Waals surface area contributed by atoms with Crippen molar-refractivity contribution in [2.45, 2.75) is 46.7 Å². The smallest absolute Gasteiger partial charge is 0.269 e. The van der Waals surface area contributed by atoms with E-state index in [4.69, 9.17) is 0 Å². The van der Waals surface area contributed by atoms with Gasteiger partial charge in [0.2, 0.25) is 0 Å². The summed E-state index contributed by atoms with van der Waals surface area (Å²) in [6, 6.07) is 0. The maximum atomic E-state index is 11.8. The summed E-state index contributed by atoms with van der Waals surface area (Å²) in [6.07, 6.45) is -2.02. The van der Waals surface area contributed by atoms with Gasteiger partial charge in [-0.3, -0.25) is 4.99 Å². The molecule has 0 saturated carbocycles. The van der Waals surface area contributed by atoms with E-state index in [-0.39, 0.29) is 11.8 Å². The topological polar surface area (TPSA) is 12.4 Å². The van der Waals surface area contributed by atoms with Gasteiger partial charge in [0.1, 0.15) is 0 Å². The van der Waals surface area contributed by atoms with Crippen LogP contribution in [-0.4, -0.2) is 12.4 Å². The van der Waals surface area contributed by atoms with Gasteiger partial charge in [0.25, 0.3) is 0 Å². The second kappa shape index (κ2) is 5.33. The summed E-state index contributed by atoms with van der Waals surface area (Å²) in [7, 11) is 0. The minimum absolute atomic E-state index is 0.0152. The van der Waals surface area contributed by atoms with E-state index < -0.39 is 12.6 Å². The molecule has 4 heteroatoms. The maximum absolute atomic E-state index is 11.8. The third-order valence-corrected chi connectivity index (χ3v) is 2.11. The molecule has 1 nitrogen and oxygen atoms in total. The van der Waals surface area contributed by atoms with E-state index in [1.807, 2.05) is 27.7 Å². The molecule has 0 aliphatic carbocycles. The highest BCUT2D eigenvalue weighted by Crippen LogP contribution is 2.24. The molecule has 88 valence electrons. The van der Waals surface area contributed by atoms with Crippen LogP contribution in [0.2, 0.25) is 0 Å². The van der Waals surface area contributed by atoms with E-state index in [1.54, 1.807) is 6.20 Å². The van der Waals surface area contributed by atoms with E-state index in [2.05, 4.69) is 4.99 Å². The Labute approximate surface area is 89.1 Å². The molecule has 0 aromatic rings. The molecule has 0 saturated heterocycles. The second-order valence-electron chi connectivity index (χ2n) is 4.55. The minimum atomic E-state index is -4.09. The highest BCUT2D eigenvalue weighted by atomic mass is 19.4. The predicted octanol–water partition coefficient (Wildman–Crippen LogP) is 4.35. The van der Waals surface area contributed by atoms with E-state index in [1.165, 1.54) is 6.21 Å². The summed E-state index contributed by atoms with van der Waals surface area (Å²) in [5, 5.41) is 0. The van der Waals surface area contributed by atoms with Crippen LogP contribution in [0.5, 0.6) is 0 Å². The van der Waals surface area contributed by atoms with Crippen molar-refractivity contribution < 1.29 is 13.2 Å². The lowest BCUT2D eigenvalue weighted by atomic mass is 9.88. The van der Waals surface area contributed by atoms with Gasteiger partial charge in [0.15, 0.2) is 0 Å². The number of halogens is 3. The lowest BCUT2D eigenvalue weighted by Crippen LogP contribution is -2.07. The number of rotatable bonds is 3. The fraction of sp³-hybridized carbons (Fsp3) is 0.727. The molecule has 0 aliphatic rings. The summed E-state index contributed by atoms with van der Waals surface area (Å²) >= 11 is 0. The minimum Gasteiger partial charge on any atom is -0.269 e. The van der Waals surface area contributed by atoms with Gasteiger partial charge < -0.3 is 0 Å². The van der Waals surface area contributed by atoms with Crippen LogP contribution in [0, 0.1) is 5.41 Å². The quantitative estimate of drug-likeness (QED) is 0.628. The Balaban J connectivity index is 4.01. The molecular formula is C11H18F3N. The Morgan fingerprint density at radius 3 is 2.13 bits per heavy atom. The lowest BCUT2D eigenvalue weighted by Gasteiger charge is -2.18. The van der Waals surface area contributed by atoms with Crippen molar-refractivity contribution in [3.05, 3.63) is 11.8 Å². The van der Waals surface area contributed by atoms with Crippen LogP contribution in [0.1, 0.15) is 40.5 Å². The Hall–Kier alpha value is -0.800. The molecule has 0 heterocycles. The Kier molecular flexibility index (Phi) is 5.05. The maximum Gasteiger partial charge on any atom is 0.389 e. The second-order valence-corrected chi connectivity index (χ2v) is 4.55. The molecule has 0 radical (unpaired) electrons. The number of hydrogen-bond donors (Lipinski definition) is 0. The van der Waals surface area contributed by atoms with Gasteiger partial charge >= 0.3 is 6.18 Å². The Morgan fingerprint density at radius 1 is 1.20 bits per heavy atom. The van der Waals surface area contributed by atoms with Gasteiger partial charge in [0, 0.05) is 18.8 Å². The summed E-state index contributed by atoms with van der Waals surface area (Å²) in [6.45, 7) is 8.01. The van der Waals surface area contributed by atoms with Crippen LogP contribution in [-0.2, 0) is 0 Å².